The van der Waals surface area contributed by atoms with Gasteiger partial charge in [0.05, 0.1) is 12.7 Å². The van der Waals surface area contributed by atoms with Crippen LogP contribution in [0, 0.1) is 17.5 Å². The maximum absolute atomic E-state index is 13.4. The number of hydrogen-bond acceptors (Lipinski definition) is 2. The molecule has 0 aliphatic heterocycles. The fourth-order valence-corrected chi connectivity index (χ4v) is 1.85. The Labute approximate surface area is 117 Å². The lowest BCUT2D eigenvalue weighted by molar-refractivity contribution is -0.383. The van der Waals surface area contributed by atoms with E-state index in [4.69, 9.17) is 0 Å². The molecular weight excluding hydrogens is 335 g/mol. The van der Waals surface area contributed by atoms with Gasteiger partial charge >= 0.3 is 12.4 Å². The van der Waals surface area contributed by atoms with Crippen LogP contribution in [0.4, 0.5) is 39.5 Å². The molecule has 0 bridgehead atoms. The molecule has 11 heteroatoms. The van der Waals surface area contributed by atoms with E-state index in [9.17, 15) is 39.5 Å². The number of rotatable bonds is 3. The molecular formula is C11H7F9O2. The summed E-state index contributed by atoms with van der Waals surface area (Å²) >= 11 is 0. The van der Waals surface area contributed by atoms with Gasteiger partial charge in [0.25, 0.3) is 5.60 Å². The summed E-state index contributed by atoms with van der Waals surface area (Å²) in [5.41, 5.74) is -7.19. The number of hydrogen-bond donors (Lipinski definition) is 0. The molecule has 1 aromatic carbocycles. The van der Waals surface area contributed by atoms with Crippen molar-refractivity contribution in [3.63, 3.8) is 0 Å². The summed E-state index contributed by atoms with van der Waals surface area (Å²) in [5, 5.41) is 0. The molecule has 0 spiro atoms. The van der Waals surface area contributed by atoms with Crippen molar-refractivity contribution in [1.82, 2.24) is 0 Å². The Balaban J connectivity index is 3.95. The fraction of sp³-hybridized carbons (Fsp3) is 0.455. The third-order valence-corrected chi connectivity index (χ3v) is 2.81. The molecule has 22 heavy (non-hydrogen) atoms. The molecule has 0 aliphatic carbocycles. The number of ether oxygens (including phenoxy) is 2. The molecule has 0 amide bonds. The monoisotopic (exact) mass is 342 g/mol. The highest BCUT2D eigenvalue weighted by molar-refractivity contribution is 5.43. The molecule has 0 aromatic heterocycles. The fourth-order valence-electron chi connectivity index (χ4n) is 1.85. The molecule has 1 aromatic rings. The van der Waals surface area contributed by atoms with Crippen LogP contribution in [-0.4, -0.2) is 26.6 Å². The first kappa shape index (κ1) is 18.4. The minimum absolute atomic E-state index is 0.0413. The lowest BCUT2D eigenvalue weighted by Crippen LogP contribution is -2.55. The van der Waals surface area contributed by atoms with Crippen molar-refractivity contribution >= 4 is 0 Å². The van der Waals surface area contributed by atoms with Crippen LogP contribution in [0.5, 0.6) is 5.75 Å². The van der Waals surface area contributed by atoms with Crippen LogP contribution in [0.2, 0.25) is 0 Å². The molecule has 0 N–H and O–H groups in total. The van der Waals surface area contributed by atoms with Gasteiger partial charge in [-0.2, -0.15) is 30.7 Å². The number of alkyl halides is 6. The van der Waals surface area contributed by atoms with Crippen molar-refractivity contribution in [2.75, 3.05) is 14.2 Å². The van der Waals surface area contributed by atoms with Crippen molar-refractivity contribution in [1.29, 1.82) is 0 Å². The molecule has 0 saturated carbocycles. The molecule has 2 nitrogen and oxygen atoms in total. The number of benzene rings is 1. The van der Waals surface area contributed by atoms with Gasteiger partial charge in [-0.05, 0) is 6.07 Å². The van der Waals surface area contributed by atoms with Crippen LogP contribution >= 0.6 is 0 Å². The second-order valence-electron chi connectivity index (χ2n) is 3.95. The zero-order valence-electron chi connectivity index (χ0n) is 10.8. The highest BCUT2D eigenvalue weighted by Crippen LogP contribution is 2.55. The molecule has 0 saturated heterocycles. The zero-order chi connectivity index (χ0) is 17.5. The predicted molar refractivity (Wildman–Crippen MR) is 53.7 cm³/mol. The van der Waals surface area contributed by atoms with E-state index in [0.29, 0.717) is 7.11 Å². The highest BCUT2D eigenvalue weighted by Gasteiger charge is 2.74. The minimum atomic E-state index is -6.16. The van der Waals surface area contributed by atoms with Crippen LogP contribution < -0.4 is 4.74 Å². The van der Waals surface area contributed by atoms with Gasteiger partial charge in [-0.15, -0.1) is 0 Å². The standard InChI is InChI=1S/C11H7F9O2/c1-21-8-4(3-5(12)6(13)7(8)14)9(22-2,10(15,16)17)11(18,19)20/h3H,1-2H3. The maximum atomic E-state index is 13.4. The molecule has 0 heterocycles. The topological polar surface area (TPSA) is 18.5 Å². The Kier molecular flexibility index (Phi) is 4.62. The highest BCUT2D eigenvalue weighted by atomic mass is 19.4. The molecule has 0 radical (unpaired) electrons. The summed E-state index contributed by atoms with van der Waals surface area (Å²) in [6, 6.07) is -0.471. The largest absolute Gasteiger partial charge is 0.493 e. The first-order valence-electron chi connectivity index (χ1n) is 5.25. The van der Waals surface area contributed by atoms with Crippen molar-refractivity contribution in [2.24, 2.45) is 0 Å². The Hall–Kier alpha value is -1.65. The normalized spacial score (nSPS) is 13.4. The van der Waals surface area contributed by atoms with Gasteiger partial charge in [0.2, 0.25) is 5.82 Å². The van der Waals surface area contributed by atoms with Crippen molar-refractivity contribution in [3.05, 3.63) is 29.1 Å². The SMILES string of the molecule is COc1c(C(OC)(C(F)(F)F)C(F)(F)F)cc(F)c(F)c1F. The second-order valence-corrected chi connectivity index (χ2v) is 3.95. The van der Waals surface area contributed by atoms with Crippen LogP contribution in [-0.2, 0) is 10.3 Å². The first-order valence-corrected chi connectivity index (χ1v) is 5.25. The Morgan fingerprint density at radius 1 is 0.818 bits per heavy atom. The number of halogens is 9. The maximum Gasteiger partial charge on any atom is 0.431 e. The van der Waals surface area contributed by atoms with Crippen LogP contribution in [0.25, 0.3) is 0 Å². The third kappa shape index (κ3) is 2.46. The molecule has 0 unspecified atom stereocenters. The Morgan fingerprint density at radius 2 is 1.27 bits per heavy atom. The van der Waals surface area contributed by atoms with E-state index in [2.05, 4.69) is 9.47 Å². The van der Waals surface area contributed by atoms with Gasteiger partial charge in [0.1, 0.15) is 0 Å². The van der Waals surface area contributed by atoms with Crippen molar-refractivity contribution in [3.8, 4) is 5.75 Å². The van der Waals surface area contributed by atoms with Gasteiger partial charge in [0, 0.05) is 7.11 Å². The zero-order valence-corrected chi connectivity index (χ0v) is 10.8. The lowest BCUT2D eigenvalue weighted by Gasteiger charge is -2.36. The van der Waals surface area contributed by atoms with Crippen molar-refractivity contribution in [2.45, 2.75) is 18.0 Å². The smallest absolute Gasteiger partial charge is 0.431 e. The van der Waals surface area contributed by atoms with Crippen LogP contribution in [0.15, 0.2) is 6.07 Å². The average Bonchev–Trinajstić information content (AvgIpc) is 2.34. The summed E-state index contributed by atoms with van der Waals surface area (Å²) < 4.78 is 125. The van der Waals surface area contributed by atoms with E-state index in [-0.39, 0.29) is 7.11 Å². The summed E-state index contributed by atoms with van der Waals surface area (Å²) in [6.45, 7) is 0. The molecule has 1 rings (SSSR count). The lowest BCUT2D eigenvalue weighted by atomic mass is 9.90. The van der Waals surface area contributed by atoms with Crippen LogP contribution in [0.1, 0.15) is 5.56 Å². The van der Waals surface area contributed by atoms with E-state index in [1.165, 1.54) is 0 Å². The molecule has 0 fully saturated rings. The van der Waals surface area contributed by atoms with Crippen molar-refractivity contribution < 1.29 is 49.0 Å². The van der Waals surface area contributed by atoms with Gasteiger partial charge in [-0.25, -0.2) is 8.78 Å². The summed E-state index contributed by atoms with van der Waals surface area (Å²) in [6.07, 6.45) is -12.3. The quantitative estimate of drug-likeness (QED) is 0.609. The van der Waals surface area contributed by atoms with Gasteiger partial charge in [0.15, 0.2) is 17.4 Å². The van der Waals surface area contributed by atoms with Gasteiger partial charge in [-0.3, -0.25) is 0 Å². The van der Waals surface area contributed by atoms with E-state index in [0.717, 1.165) is 0 Å². The number of methoxy groups -OCH3 is 2. The summed E-state index contributed by atoms with van der Waals surface area (Å²) in [4.78, 5) is 0. The second kappa shape index (κ2) is 5.52. The first-order chi connectivity index (χ1) is 9.85. The Bertz CT molecular complexity index is 548. The molecule has 0 atom stereocenters. The minimum Gasteiger partial charge on any atom is -0.493 e. The Morgan fingerprint density at radius 3 is 1.59 bits per heavy atom. The summed E-state index contributed by atoms with van der Waals surface area (Å²) in [7, 11) is 0.534. The van der Waals surface area contributed by atoms with Gasteiger partial charge in [-0.1, -0.05) is 0 Å². The van der Waals surface area contributed by atoms with E-state index < -0.39 is 52.8 Å². The van der Waals surface area contributed by atoms with Gasteiger partial charge < -0.3 is 9.47 Å². The summed E-state index contributed by atoms with van der Waals surface area (Å²) in [5.74, 6) is -8.65. The van der Waals surface area contributed by atoms with Crippen LogP contribution in [0.3, 0.4) is 0 Å². The molecule has 126 valence electrons. The third-order valence-electron chi connectivity index (χ3n) is 2.81. The van der Waals surface area contributed by atoms with E-state index >= 15 is 0 Å². The van der Waals surface area contributed by atoms with E-state index in [1.807, 2.05) is 0 Å². The molecule has 0 aliphatic rings. The predicted octanol–water partition coefficient (Wildman–Crippen LogP) is 4.08. The van der Waals surface area contributed by atoms with E-state index in [1.54, 1.807) is 0 Å². The average molecular weight is 342 g/mol.